The Balaban J connectivity index is 2.93. The van der Waals surface area contributed by atoms with E-state index in [2.05, 4.69) is 17.2 Å². The summed E-state index contributed by atoms with van der Waals surface area (Å²) in [4.78, 5) is 0. The van der Waals surface area contributed by atoms with Crippen LogP contribution in [0.2, 0.25) is 0 Å². The topological polar surface area (TPSA) is 17.3 Å². The Hall–Kier alpha value is -1.31. The first kappa shape index (κ1) is 5.47. The van der Waals surface area contributed by atoms with E-state index >= 15 is 0 Å². The highest BCUT2D eigenvalue weighted by atomic mass is 15.2. The lowest BCUT2D eigenvalue weighted by Crippen LogP contribution is -1.89. The first-order valence-electron chi connectivity index (χ1n) is 3.27. The maximum absolute atomic E-state index is 4.16. The van der Waals surface area contributed by atoms with Gasteiger partial charge < -0.3 is 0 Å². The van der Waals surface area contributed by atoms with Crippen LogP contribution in [-0.2, 0) is 0 Å². The summed E-state index contributed by atoms with van der Waals surface area (Å²) in [6.07, 6.45) is 1.79. The van der Waals surface area contributed by atoms with Crippen molar-refractivity contribution in [1.82, 2.24) is 9.61 Å². The second kappa shape index (κ2) is 1.84. The molecule has 0 aliphatic carbocycles. The molecule has 10 heavy (non-hydrogen) atoms. The average Bonchev–Trinajstić information content (AvgIpc) is 2.34. The van der Waals surface area contributed by atoms with Gasteiger partial charge >= 0.3 is 0 Å². The Bertz CT molecular complexity index is 349. The standard InChI is InChI=1S/C8H8N2/c1-7-4-5-8-3-2-6-9-10(7)8/h2-6H,1H3. The number of nitrogens with zero attached hydrogens (tertiary/aromatic N) is 2. The van der Waals surface area contributed by atoms with Crippen molar-refractivity contribution in [2.75, 3.05) is 0 Å². The first-order valence-corrected chi connectivity index (χ1v) is 3.27. The molecule has 2 heterocycles. The fourth-order valence-corrected chi connectivity index (χ4v) is 1.08. The molecule has 0 saturated heterocycles. The Morgan fingerprint density at radius 1 is 1.30 bits per heavy atom. The largest absolute Gasteiger partial charge is 0.238 e. The van der Waals surface area contributed by atoms with Crippen LogP contribution < -0.4 is 0 Å². The van der Waals surface area contributed by atoms with Gasteiger partial charge in [-0.15, -0.1) is 0 Å². The lowest BCUT2D eigenvalue weighted by Gasteiger charge is -1.92. The highest BCUT2D eigenvalue weighted by Crippen LogP contribution is 2.04. The zero-order valence-electron chi connectivity index (χ0n) is 5.78. The van der Waals surface area contributed by atoms with Crippen LogP contribution in [0, 0.1) is 6.92 Å². The maximum Gasteiger partial charge on any atom is 0.0649 e. The van der Waals surface area contributed by atoms with E-state index in [9.17, 15) is 0 Å². The summed E-state index contributed by atoms with van der Waals surface area (Å²) in [7, 11) is 0. The predicted octanol–water partition coefficient (Wildman–Crippen LogP) is 1.64. The number of fused-ring (bicyclic) bond motifs is 1. The molecule has 2 aromatic heterocycles. The lowest BCUT2D eigenvalue weighted by molar-refractivity contribution is 0.902. The average molecular weight is 132 g/mol. The number of hydrogen-bond donors (Lipinski definition) is 0. The van der Waals surface area contributed by atoms with Gasteiger partial charge in [-0.3, -0.25) is 0 Å². The molecule has 0 saturated carbocycles. The molecule has 2 aromatic rings. The molecular formula is C8H8N2. The summed E-state index contributed by atoms with van der Waals surface area (Å²) in [5.74, 6) is 0. The minimum absolute atomic E-state index is 1.15. The molecule has 0 fully saturated rings. The summed E-state index contributed by atoms with van der Waals surface area (Å²) >= 11 is 0. The Morgan fingerprint density at radius 3 is 3.00 bits per heavy atom. The van der Waals surface area contributed by atoms with Crippen molar-refractivity contribution >= 4 is 5.52 Å². The summed E-state index contributed by atoms with van der Waals surface area (Å²) in [5.41, 5.74) is 2.33. The fraction of sp³-hybridized carbons (Fsp3) is 0.125. The van der Waals surface area contributed by atoms with Crippen LogP contribution in [0.25, 0.3) is 5.52 Å². The molecule has 0 N–H and O–H groups in total. The highest BCUT2D eigenvalue weighted by Gasteiger charge is 1.93. The van der Waals surface area contributed by atoms with Gasteiger partial charge in [-0.25, -0.2) is 4.52 Å². The van der Waals surface area contributed by atoms with Crippen molar-refractivity contribution in [3.8, 4) is 0 Å². The van der Waals surface area contributed by atoms with Crippen molar-refractivity contribution in [2.24, 2.45) is 0 Å². The fourth-order valence-electron chi connectivity index (χ4n) is 1.08. The Morgan fingerprint density at radius 2 is 2.20 bits per heavy atom. The van der Waals surface area contributed by atoms with E-state index < -0.39 is 0 Å². The summed E-state index contributed by atoms with van der Waals surface area (Å²) in [6, 6.07) is 8.10. The van der Waals surface area contributed by atoms with E-state index in [1.165, 1.54) is 5.69 Å². The van der Waals surface area contributed by atoms with Gasteiger partial charge in [0.1, 0.15) is 0 Å². The molecule has 0 radical (unpaired) electrons. The molecule has 0 atom stereocenters. The molecule has 0 amide bonds. The van der Waals surface area contributed by atoms with E-state index in [-0.39, 0.29) is 0 Å². The molecule has 2 heteroatoms. The SMILES string of the molecule is Cc1ccc2cccnn12. The van der Waals surface area contributed by atoms with Crippen LogP contribution >= 0.6 is 0 Å². The second-order valence-electron chi connectivity index (χ2n) is 2.34. The van der Waals surface area contributed by atoms with Gasteiger partial charge in [-0.2, -0.15) is 5.10 Å². The normalized spacial score (nSPS) is 10.5. The van der Waals surface area contributed by atoms with E-state index in [1.54, 1.807) is 6.20 Å². The van der Waals surface area contributed by atoms with Gasteiger partial charge in [0.25, 0.3) is 0 Å². The number of aryl methyl sites for hydroxylation is 1. The van der Waals surface area contributed by atoms with Gasteiger partial charge in [0.2, 0.25) is 0 Å². The molecule has 0 spiro atoms. The summed E-state index contributed by atoms with van der Waals surface area (Å²) in [5, 5.41) is 4.16. The zero-order chi connectivity index (χ0) is 6.97. The minimum atomic E-state index is 1.15. The first-order chi connectivity index (χ1) is 4.88. The molecule has 2 nitrogen and oxygen atoms in total. The molecule has 50 valence electrons. The zero-order valence-corrected chi connectivity index (χ0v) is 5.78. The number of aromatic nitrogens is 2. The van der Waals surface area contributed by atoms with Crippen molar-refractivity contribution < 1.29 is 0 Å². The molecule has 0 aliphatic heterocycles. The van der Waals surface area contributed by atoms with Gasteiger partial charge in [-0.1, -0.05) is 0 Å². The smallest absolute Gasteiger partial charge is 0.0649 e. The Kier molecular flexibility index (Phi) is 1.01. The number of hydrogen-bond acceptors (Lipinski definition) is 1. The minimum Gasteiger partial charge on any atom is -0.238 e. The van der Waals surface area contributed by atoms with Crippen LogP contribution in [0.5, 0.6) is 0 Å². The van der Waals surface area contributed by atoms with E-state index in [4.69, 9.17) is 0 Å². The maximum atomic E-state index is 4.16. The molecule has 0 aliphatic rings. The molecule has 0 unspecified atom stereocenters. The quantitative estimate of drug-likeness (QED) is 0.532. The van der Waals surface area contributed by atoms with Crippen LogP contribution in [-0.4, -0.2) is 9.61 Å². The summed E-state index contributed by atoms with van der Waals surface area (Å²) < 4.78 is 1.92. The van der Waals surface area contributed by atoms with Gasteiger partial charge in [0, 0.05) is 11.9 Å². The third-order valence-electron chi connectivity index (χ3n) is 1.61. The highest BCUT2D eigenvalue weighted by molar-refractivity contribution is 5.47. The monoisotopic (exact) mass is 132 g/mol. The predicted molar refractivity (Wildman–Crippen MR) is 39.9 cm³/mol. The van der Waals surface area contributed by atoms with Gasteiger partial charge in [0.05, 0.1) is 5.52 Å². The molecule has 0 bridgehead atoms. The lowest BCUT2D eigenvalue weighted by atomic mass is 10.4. The van der Waals surface area contributed by atoms with Crippen molar-refractivity contribution in [2.45, 2.75) is 6.92 Å². The third kappa shape index (κ3) is 0.620. The molecular weight excluding hydrogens is 124 g/mol. The van der Waals surface area contributed by atoms with Gasteiger partial charge in [-0.05, 0) is 31.2 Å². The molecule has 2 rings (SSSR count). The second-order valence-corrected chi connectivity index (χ2v) is 2.34. The van der Waals surface area contributed by atoms with Gasteiger partial charge in [0.15, 0.2) is 0 Å². The van der Waals surface area contributed by atoms with Crippen LogP contribution in [0.3, 0.4) is 0 Å². The van der Waals surface area contributed by atoms with Crippen molar-refractivity contribution in [3.63, 3.8) is 0 Å². The van der Waals surface area contributed by atoms with Crippen LogP contribution in [0.1, 0.15) is 5.69 Å². The number of rotatable bonds is 0. The van der Waals surface area contributed by atoms with Crippen molar-refractivity contribution in [3.05, 3.63) is 36.2 Å². The Labute approximate surface area is 59.1 Å². The van der Waals surface area contributed by atoms with Crippen molar-refractivity contribution in [1.29, 1.82) is 0 Å². The summed E-state index contributed by atoms with van der Waals surface area (Å²) in [6.45, 7) is 2.04. The van der Waals surface area contributed by atoms with Crippen LogP contribution in [0.15, 0.2) is 30.5 Å². The third-order valence-corrected chi connectivity index (χ3v) is 1.61. The van der Waals surface area contributed by atoms with E-state index in [1.807, 2.05) is 23.6 Å². The molecule has 0 aromatic carbocycles. The van der Waals surface area contributed by atoms with Crippen LogP contribution in [0.4, 0.5) is 0 Å². The van der Waals surface area contributed by atoms with E-state index in [0.29, 0.717) is 0 Å². The van der Waals surface area contributed by atoms with E-state index in [0.717, 1.165) is 5.52 Å².